The summed E-state index contributed by atoms with van der Waals surface area (Å²) in [6, 6.07) is 2.29. The zero-order valence-electron chi connectivity index (χ0n) is 17.0. The lowest BCUT2D eigenvalue weighted by Gasteiger charge is -2.09. The number of carboxylic acid groups (broad SMARTS) is 1. The van der Waals surface area contributed by atoms with E-state index in [-0.39, 0.29) is 44.2 Å². The summed E-state index contributed by atoms with van der Waals surface area (Å²) < 4.78 is 0. The van der Waals surface area contributed by atoms with Crippen LogP contribution in [0.4, 0.5) is 0 Å². The molecule has 0 fully saturated rings. The first-order valence-electron chi connectivity index (χ1n) is 9.62. The molecule has 30 heavy (non-hydrogen) atoms. The van der Waals surface area contributed by atoms with Crippen molar-refractivity contribution in [3.63, 3.8) is 0 Å². The van der Waals surface area contributed by atoms with Gasteiger partial charge in [0, 0.05) is 24.9 Å². The van der Waals surface area contributed by atoms with Gasteiger partial charge in [0.05, 0.1) is 16.3 Å². The SMILES string of the molecule is Cc1c(O)/c(=C\NCCNCC(C)C)c2nc3c(=O)ccc(C(=O)O)c3[nH]c2c1=O. The Morgan fingerprint density at radius 3 is 2.60 bits per heavy atom. The zero-order chi connectivity index (χ0) is 22.0. The molecule has 9 heteroatoms. The molecule has 3 rings (SSSR count). The quantitative estimate of drug-likeness (QED) is 0.278. The normalized spacial score (nSPS) is 12.2. The Morgan fingerprint density at radius 2 is 1.93 bits per heavy atom. The van der Waals surface area contributed by atoms with Crippen molar-refractivity contribution in [1.82, 2.24) is 20.6 Å². The monoisotopic (exact) mass is 412 g/mol. The zero-order valence-corrected chi connectivity index (χ0v) is 17.0. The molecule has 5 N–H and O–H groups in total. The fraction of sp³-hybridized carbons (Fsp3) is 0.333. The van der Waals surface area contributed by atoms with Crippen LogP contribution >= 0.6 is 0 Å². The number of phenols is 1. The van der Waals surface area contributed by atoms with E-state index in [9.17, 15) is 24.6 Å². The van der Waals surface area contributed by atoms with Crippen LogP contribution in [-0.4, -0.2) is 45.8 Å². The van der Waals surface area contributed by atoms with Crippen LogP contribution in [0, 0.1) is 12.8 Å². The lowest BCUT2D eigenvalue weighted by Crippen LogP contribution is -2.29. The predicted octanol–water partition coefficient (Wildman–Crippen LogP) is 0.441. The number of hydrogen-bond donors (Lipinski definition) is 5. The van der Waals surface area contributed by atoms with E-state index in [1.165, 1.54) is 13.0 Å². The molecule has 0 unspecified atom stereocenters. The molecule has 0 saturated carbocycles. The number of H-pyrrole nitrogens is 1. The highest BCUT2D eigenvalue weighted by atomic mass is 16.4. The second kappa shape index (κ2) is 8.50. The maximum absolute atomic E-state index is 12.7. The largest absolute Gasteiger partial charge is 0.507 e. The van der Waals surface area contributed by atoms with E-state index in [1.54, 1.807) is 6.20 Å². The number of carboxylic acids is 1. The number of benzene rings is 2. The number of aromatic nitrogens is 2. The summed E-state index contributed by atoms with van der Waals surface area (Å²) in [4.78, 5) is 43.5. The third kappa shape index (κ3) is 3.97. The van der Waals surface area contributed by atoms with Crippen molar-refractivity contribution in [3.05, 3.63) is 48.9 Å². The Balaban J connectivity index is 2.18. The van der Waals surface area contributed by atoms with Crippen LogP contribution < -0.4 is 26.7 Å². The van der Waals surface area contributed by atoms with Gasteiger partial charge in [-0.05, 0) is 31.5 Å². The minimum atomic E-state index is -1.25. The first-order chi connectivity index (χ1) is 14.2. The molecule has 1 heterocycles. The number of aromatic amines is 1. The van der Waals surface area contributed by atoms with Gasteiger partial charge in [0.2, 0.25) is 10.9 Å². The van der Waals surface area contributed by atoms with Crippen molar-refractivity contribution in [2.45, 2.75) is 20.8 Å². The van der Waals surface area contributed by atoms with Gasteiger partial charge in [0.25, 0.3) is 0 Å². The Labute approximate surface area is 171 Å². The minimum absolute atomic E-state index is 0.0249. The Hall–Kier alpha value is -3.46. The van der Waals surface area contributed by atoms with E-state index in [4.69, 9.17) is 0 Å². The van der Waals surface area contributed by atoms with Crippen LogP contribution in [0.25, 0.3) is 28.3 Å². The Kier molecular flexibility index (Phi) is 6.02. The number of nitrogens with one attached hydrogen (secondary N) is 3. The molecule has 1 aromatic heterocycles. The van der Waals surface area contributed by atoms with Crippen molar-refractivity contribution in [2.75, 3.05) is 19.6 Å². The van der Waals surface area contributed by atoms with Crippen molar-refractivity contribution >= 4 is 34.2 Å². The van der Waals surface area contributed by atoms with Gasteiger partial charge in [-0.3, -0.25) is 9.59 Å². The second-order valence-electron chi connectivity index (χ2n) is 7.51. The lowest BCUT2D eigenvalue weighted by atomic mass is 10.1. The second-order valence-corrected chi connectivity index (χ2v) is 7.51. The Morgan fingerprint density at radius 1 is 1.20 bits per heavy atom. The number of aromatic carboxylic acids is 1. The first kappa shape index (κ1) is 21.3. The summed E-state index contributed by atoms with van der Waals surface area (Å²) in [6.07, 6.45) is 1.54. The number of rotatable bonds is 7. The number of hydrogen-bond acceptors (Lipinski definition) is 7. The van der Waals surface area contributed by atoms with E-state index in [2.05, 4.69) is 34.4 Å². The van der Waals surface area contributed by atoms with E-state index >= 15 is 0 Å². The molecular weight excluding hydrogens is 388 g/mol. The highest BCUT2D eigenvalue weighted by Crippen LogP contribution is 2.17. The van der Waals surface area contributed by atoms with Gasteiger partial charge >= 0.3 is 5.97 Å². The molecule has 0 spiro atoms. The fourth-order valence-corrected chi connectivity index (χ4v) is 3.17. The molecule has 0 saturated heterocycles. The molecule has 9 nitrogen and oxygen atoms in total. The molecule has 0 radical (unpaired) electrons. The molecule has 0 aliphatic rings. The molecule has 0 bridgehead atoms. The summed E-state index contributed by atoms with van der Waals surface area (Å²) in [5, 5.41) is 26.5. The Bertz CT molecular complexity index is 1300. The maximum Gasteiger partial charge on any atom is 0.337 e. The summed E-state index contributed by atoms with van der Waals surface area (Å²) in [7, 11) is 0. The van der Waals surface area contributed by atoms with E-state index < -0.39 is 16.8 Å². The number of aromatic hydroxyl groups is 1. The van der Waals surface area contributed by atoms with Gasteiger partial charge in [-0.2, -0.15) is 0 Å². The molecule has 2 aromatic carbocycles. The number of phenolic OH excluding ortho intramolecular Hbond substituents is 1. The smallest absolute Gasteiger partial charge is 0.337 e. The van der Waals surface area contributed by atoms with Crippen LogP contribution in [0.15, 0.2) is 21.7 Å². The van der Waals surface area contributed by atoms with Gasteiger partial charge in [-0.15, -0.1) is 0 Å². The van der Waals surface area contributed by atoms with Gasteiger partial charge in [-0.25, -0.2) is 9.78 Å². The van der Waals surface area contributed by atoms with Crippen LogP contribution in [0.1, 0.15) is 29.8 Å². The van der Waals surface area contributed by atoms with Gasteiger partial charge in [0.15, 0.2) is 0 Å². The van der Waals surface area contributed by atoms with E-state index in [0.29, 0.717) is 19.0 Å². The third-order valence-electron chi connectivity index (χ3n) is 4.76. The molecule has 0 amide bonds. The average molecular weight is 412 g/mol. The fourth-order valence-electron chi connectivity index (χ4n) is 3.17. The standard InChI is InChI=1S/C21H24N4O5/c1-10(2)8-22-6-7-23-9-13-16-18(20(28)11(3)19(13)27)25-15-12(21(29)30)4-5-14(26)17(15)24-16/h4-5,9-10,22-23,25,27H,6-8H2,1-3H3,(H,29,30)/b13-9-. The van der Waals surface area contributed by atoms with Gasteiger partial charge < -0.3 is 25.8 Å². The highest BCUT2D eigenvalue weighted by molar-refractivity contribution is 6.02. The van der Waals surface area contributed by atoms with Crippen molar-refractivity contribution in [3.8, 4) is 5.75 Å². The minimum Gasteiger partial charge on any atom is -0.507 e. The first-order valence-corrected chi connectivity index (χ1v) is 9.62. The average Bonchev–Trinajstić information content (AvgIpc) is 2.70. The van der Waals surface area contributed by atoms with Gasteiger partial charge in [-0.1, -0.05) is 13.8 Å². The summed E-state index contributed by atoms with van der Waals surface area (Å²) in [6.45, 7) is 7.83. The van der Waals surface area contributed by atoms with Crippen molar-refractivity contribution in [2.24, 2.45) is 5.92 Å². The van der Waals surface area contributed by atoms with Crippen LogP contribution in [-0.2, 0) is 0 Å². The molecule has 0 aliphatic carbocycles. The molecule has 158 valence electrons. The molecule has 0 aliphatic heterocycles. The lowest BCUT2D eigenvalue weighted by molar-refractivity contribution is 0.0699. The van der Waals surface area contributed by atoms with Crippen molar-refractivity contribution in [1.29, 1.82) is 0 Å². The van der Waals surface area contributed by atoms with Gasteiger partial charge in [0.1, 0.15) is 22.3 Å². The predicted molar refractivity (Wildman–Crippen MR) is 115 cm³/mol. The summed E-state index contributed by atoms with van der Waals surface area (Å²) >= 11 is 0. The van der Waals surface area contributed by atoms with Crippen LogP contribution in [0.5, 0.6) is 5.75 Å². The number of nitrogens with zero attached hydrogens (tertiary/aromatic N) is 1. The van der Waals surface area contributed by atoms with Crippen molar-refractivity contribution < 1.29 is 15.0 Å². The van der Waals surface area contributed by atoms with Crippen LogP contribution in [0.3, 0.4) is 0 Å². The molecular formula is C21H24N4O5. The maximum atomic E-state index is 12.7. The number of fused-ring (bicyclic) bond motifs is 2. The summed E-state index contributed by atoms with van der Waals surface area (Å²) in [5.74, 6) is -0.959. The molecule has 3 aromatic rings. The topological polar surface area (TPSA) is 144 Å². The van der Waals surface area contributed by atoms with E-state index in [1.807, 2.05) is 0 Å². The van der Waals surface area contributed by atoms with Crippen LogP contribution in [0.2, 0.25) is 0 Å². The van der Waals surface area contributed by atoms with E-state index in [0.717, 1.165) is 12.6 Å². The highest BCUT2D eigenvalue weighted by Gasteiger charge is 2.17. The third-order valence-corrected chi connectivity index (χ3v) is 4.76. The summed E-state index contributed by atoms with van der Waals surface area (Å²) in [5.41, 5.74) is -1.09. The number of carbonyl (C=O) groups is 1. The molecule has 0 atom stereocenters.